The summed E-state index contributed by atoms with van der Waals surface area (Å²) in [6.45, 7) is 7.65. The number of nitrogens with one attached hydrogen (secondary N) is 1. The number of aromatic nitrogens is 1. The monoisotopic (exact) mass is 299 g/mol. The molecule has 0 aromatic carbocycles. The van der Waals surface area contributed by atoms with E-state index in [1.165, 1.54) is 6.20 Å². The highest BCUT2D eigenvalue weighted by atomic mass is 35.5. The van der Waals surface area contributed by atoms with E-state index in [2.05, 4.69) is 10.3 Å². The van der Waals surface area contributed by atoms with Gasteiger partial charge in [0.25, 0.3) is 5.91 Å². The van der Waals surface area contributed by atoms with Crippen molar-refractivity contribution in [2.24, 2.45) is 0 Å². The van der Waals surface area contributed by atoms with Gasteiger partial charge < -0.3 is 15.0 Å². The van der Waals surface area contributed by atoms with Crippen LogP contribution in [0.5, 0.6) is 0 Å². The lowest BCUT2D eigenvalue weighted by Gasteiger charge is -2.19. The molecule has 6 heteroatoms. The summed E-state index contributed by atoms with van der Waals surface area (Å²) in [6.07, 6.45) is 1.65. The highest BCUT2D eigenvalue weighted by molar-refractivity contribution is 6.33. The van der Waals surface area contributed by atoms with Crippen molar-refractivity contribution >= 4 is 23.3 Å². The number of hydrogen-bond acceptors (Lipinski definition) is 4. The van der Waals surface area contributed by atoms with Gasteiger partial charge in [-0.3, -0.25) is 4.79 Å². The second kappa shape index (κ2) is 8.07. The molecule has 20 heavy (non-hydrogen) atoms. The molecule has 1 amide bonds. The first-order valence-corrected chi connectivity index (χ1v) is 7.10. The van der Waals surface area contributed by atoms with Crippen LogP contribution in [0.4, 0.5) is 5.82 Å². The summed E-state index contributed by atoms with van der Waals surface area (Å²) in [6, 6.07) is 1.67. The van der Waals surface area contributed by atoms with Crippen LogP contribution in [-0.4, -0.2) is 48.6 Å². The predicted octanol–water partition coefficient (Wildman–Crippen LogP) is 2.66. The van der Waals surface area contributed by atoms with E-state index >= 15 is 0 Å². The Morgan fingerprint density at radius 1 is 1.55 bits per heavy atom. The maximum Gasteiger partial charge on any atom is 0.255 e. The third-order valence-electron chi connectivity index (χ3n) is 2.67. The van der Waals surface area contributed by atoms with Gasteiger partial charge in [-0.25, -0.2) is 4.98 Å². The van der Waals surface area contributed by atoms with Crippen LogP contribution in [0.1, 0.15) is 31.1 Å². The molecule has 1 N–H and O–H groups in total. The number of ether oxygens (including phenoxy) is 1. The van der Waals surface area contributed by atoms with E-state index < -0.39 is 0 Å². The fourth-order valence-corrected chi connectivity index (χ4v) is 1.80. The van der Waals surface area contributed by atoms with Crippen LogP contribution in [0, 0.1) is 0 Å². The molecule has 0 radical (unpaired) electrons. The number of pyridine rings is 1. The van der Waals surface area contributed by atoms with Crippen molar-refractivity contribution in [3.63, 3.8) is 0 Å². The van der Waals surface area contributed by atoms with E-state index in [9.17, 15) is 4.79 Å². The summed E-state index contributed by atoms with van der Waals surface area (Å²) in [7, 11) is 1.73. The van der Waals surface area contributed by atoms with Gasteiger partial charge in [-0.05, 0) is 26.8 Å². The highest BCUT2D eigenvalue weighted by Crippen LogP contribution is 2.19. The van der Waals surface area contributed by atoms with Crippen molar-refractivity contribution in [2.45, 2.75) is 26.9 Å². The lowest BCUT2D eigenvalue weighted by atomic mass is 10.2. The van der Waals surface area contributed by atoms with Crippen molar-refractivity contribution in [3.8, 4) is 0 Å². The molecule has 0 saturated carbocycles. The lowest BCUT2D eigenvalue weighted by Crippen LogP contribution is -2.31. The number of anilines is 1. The van der Waals surface area contributed by atoms with Gasteiger partial charge in [0.05, 0.1) is 23.3 Å². The molecular formula is C14H22ClN3O2. The molecule has 0 saturated heterocycles. The normalized spacial score (nSPS) is 10.7. The summed E-state index contributed by atoms with van der Waals surface area (Å²) in [5.41, 5.74) is 0.449. The quantitative estimate of drug-likeness (QED) is 0.841. The Labute approximate surface area is 125 Å². The predicted molar refractivity (Wildman–Crippen MR) is 81.5 cm³/mol. The molecule has 0 aliphatic rings. The van der Waals surface area contributed by atoms with Gasteiger partial charge in [0.1, 0.15) is 5.82 Å². The zero-order valence-corrected chi connectivity index (χ0v) is 13.2. The zero-order valence-electron chi connectivity index (χ0n) is 12.4. The van der Waals surface area contributed by atoms with Gasteiger partial charge in [0.2, 0.25) is 0 Å². The molecule has 5 nitrogen and oxygen atoms in total. The third-order valence-corrected chi connectivity index (χ3v) is 2.97. The Morgan fingerprint density at radius 2 is 2.25 bits per heavy atom. The summed E-state index contributed by atoms with van der Waals surface area (Å²) < 4.78 is 5.44. The molecule has 1 aromatic heterocycles. The average molecular weight is 300 g/mol. The summed E-state index contributed by atoms with van der Waals surface area (Å²) in [5, 5.41) is 3.42. The fraction of sp³-hybridized carbons (Fsp3) is 0.571. The SMILES string of the molecule is CCNc1cc(C(=O)N(C)CCOC(C)C)c(Cl)cn1. The minimum Gasteiger partial charge on any atom is -0.377 e. The summed E-state index contributed by atoms with van der Waals surface area (Å²) >= 11 is 6.05. The molecule has 0 atom stereocenters. The van der Waals surface area contributed by atoms with Crippen molar-refractivity contribution < 1.29 is 9.53 Å². The van der Waals surface area contributed by atoms with Crippen LogP contribution in [0.15, 0.2) is 12.3 Å². The van der Waals surface area contributed by atoms with Gasteiger partial charge in [-0.1, -0.05) is 11.6 Å². The molecule has 1 aromatic rings. The van der Waals surface area contributed by atoms with Gasteiger partial charge in [0.15, 0.2) is 0 Å². The van der Waals surface area contributed by atoms with Gasteiger partial charge in [-0.15, -0.1) is 0 Å². The third kappa shape index (κ3) is 4.98. The van der Waals surface area contributed by atoms with E-state index in [-0.39, 0.29) is 12.0 Å². The molecule has 0 unspecified atom stereocenters. The summed E-state index contributed by atoms with van der Waals surface area (Å²) in [5.74, 6) is 0.510. The van der Waals surface area contributed by atoms with Crippen molar-refractivity contribution in [1.29, 1.82) is 0 Å². The number of carbonyl (C=O) groups excluding carboxylic acids is 1. The van der Waals surface area contributed by atoms with Crippen LogP contribution in [0.3, 0.4) is 0 Å². The smallest absolute Gasteiger partial charge is 0.255 e. The minimum absolute atomic E-state index is 0.135. The second-order valence-electron chi connectivity index (χ2n) is 4.73. The standard InChI is InChI=1S/C14H22ClN3O2/c1-5-16-13-8-11(12(15)9-17-13)14(19)18(4)6-7-20-10(2)3/h8-10H,5-7H2,1-4H3,(H,16,17). The van der Waals surface area contributed by atoms with E-state index in [0.717, 1.165) is 6.54 Å². The first-order chi connectivity index (χ1) is 9.45. The fourth-order valence-electron chi connectivity index (χ4n) is 1.61. The first-order valence-electron chi connectivity index (χ1n) is 6.72. The molecule has 0 aliphatic carbocycles. The van der Waals surface area contributed by atoms with Crippen molar-refractivity contribution in [3.05, 3.63) is 22.8 Å². The molecule has 0 aliphatic heterocycles. The molecule has 1 heterocycles. The number of rotatable bonds is 7. The van der Waals surface area contributed by atoms with Crippen molar-refractivity contribution in [1.82, 2.24) is 9.88 Å². The van der Waals surface area contributed by atoms with Crippen LogP contribution in [-0.2, 0) is 4.74 Å². The largest absolute Gasteiger partial charge is 0.377 e. The Morgan fingerprint density at radius 3 is 2.85 bits per heavy atom. The molecule has 0 bridgehead atoms. The van der Waals surface area contributed by atoms with E-state index in [0.29, 0.717) is 29.6 Å². The van der Waals surface area contributed by atoms with E-state index in [1.54, 1.807) is 18.0 Å². The molecule has 0 fully saturated rings. The maximum absolute atomic E-state index is 12.3. The molecule has 0 spiro atoms. The Hall–Kier alpha value is -1.33. The van der Waals surface area contributed by atoms with E-state index in [4.69, 9.17) is 16.3 Å². The number of carbonyl (C=O) groups is 1. The Balaban J connectivity index is 2.72. The Kier molecular flexibility index (Phi) is 6.75. The molecule has 1 rings (SSSR count). The zero-order chi connectivity index (χ0) is 15.1. The van der Waals surface area contributed by atoms with Crippen LogP contribution in [0.25, 0.3) is 0 Å². The number of likely N-dealkylation sites (N-methyl/N-ethyl adjacent to an activating group) is 1. The van der Waals surface area contributed by atoms with E-state index in [1.807, 2.05) is 20.8 Å². The number of halogens is 1. The van der Waals surface area contributed by atoms with Gasteiger partial charge in [-0.2, -0.15) is 0 Å². The molecular weight excluding hydrogens is 278 g/mol. The topological polar surface area (TPSA) is 54.5 Å². The van der Waals surface area contributed by atoms with Crippen LogP contribution in [0.2, 0.25) is 5.02 Å². The lowest BCUT2D eigenvalue weighted by molar-refractivity contribution is 0.0532. The van der Waals surface area contributed by atoms with Crippen LogP contribution >= 0.6 is 11.6 Å². The highest BCUT2D eigenvalue weighted by Gasteiger charge is 2.16. The van der Waals surface area contributed by atoms with Crippen LogP contribution < -0.4 is 5.32 Å². The minimum atomic E-state index is -0.135. The number of nitrogens with zero attached hydrogens (tertiary/aromatic N) is 2. The maximum atomic E-state index is 12.3. The average Bonchev–Trinajstić information content (AvgIpc) is 2.40. The number of amides is 1. The summed E-state index contributed by atoms with van der Waals surface area (Å²) in [4.78, 5) is 18.0. The van der Waals surface area contributed by atoms with Gasteiger partial charge >= 0.3 is 0 Å². The first kappa shape index (κ1) is 16.7. The molecule has 112 valence electrons. The second-order valence-corrected chi connectivity index (χ2v) is 5.13. The number of hydrogen-bond donors (Lipinski definition) is 1. The Bertz CT molecular complexity index is 452. The van der Waals surface area contributed by atoms with Gasteiger partial charge in [0, 0.05) is 26.3 Å². The van der Waals surface area contributed by atoms with Crippen molar-refractivity contribution in [2.75, 3.05) is 32.1 Å².